The van der Waals surface area contributed by atoms with Gasteiger partial charge < -0.3 is 15.2 Å². The van der Waals surface area contributed by atoms with Crippen LogP contribution in [0.5, 0.6) is 0 Å². The molecule has 0 saturated carbocycles. The number of hydrogen-bond acceptors (Lipinski definition) is 3. The number of benzene rings is 1. The number of rotatable bonds is 3. The van der Waals surface area contributed by atoms with Crippen LogP contribution in [0.25, 0.3) is 0 Å². The highest BCUT2D eigenvalue weighted by atomic mass is 79.9. The molecule has 1 saturated heterocycles. The Morgan fingerprint density at radius 3 is 3.00 bits per heavy atom. The van der Waals surface area contributed by atoms with Crippen LogP contribution in [0.15, 0.2) is 28.7 Å². The molecule has 0 aliphatic carbocycles. The third kappa shape index (κ3) is 3.01. The van der Waals surface area contributed by atoms with Gasteiger partial charge in [0.15, 0.2) is 0 Å². The quantitative estimate of drug-likeness (QED) is 0.871. The van der Waals surface area contributed by atoms with E-state index in [0.717, 1.165) is 16.6 Å². The molecule has 2 rings (SSSR count). The molecule has 1 heterocycles. The molecule has 2 N–H and O–H groups in total. The van der Waals surface area contributed by atoms with E-state index in [1.165, 1.54) is 0 Å². The van der Waals surface area contributed by atoms with Crippen molar-refractivity contribution in [3.05, 3.63) is 34.3 Å². The monoisotopic (exact) mass is 271 g/mol. The minimum absolute atomic E-state index is 0.0796. The van der Waals surface area contributed by atoms with E-state index in [0.29, 0.717) is 13.2 Å². The minimum atomic E-state index is -0.378. The van der Waals surface area contributed by atoms with Gasteiger partial charge in [-0.2, -0.15) is 0 Å². The summed E-state index contributed by atoms with van der Waals surface area (Å²) < 4.78 is 6.67. The number of halogens is 1. The summed E-state index contributed by atoms with van der Waals surface area (Å²) in [7, 11) is 0. The summed E-state index contributed by atoms with van der Waals surface area (Å²) in [5, 5.41) is 12.6. The average molecular weight is 272 g/mol. The standard InChI is InChI=1S/C11H14BrNO2/c12-9-3-1-2-8(4-9)7-15-11-6-13-5-10(11)14/h1-4,10-11,13-14H,5-7H2. The van der Waals surface area contributed by atoms with E-state index < -0.39 is 0 Å². The highest BCUT2D eigenvalue weighted by molar-refractivity contribution is 9.10. The van der Waals surface area contributed by atoms with Crippen LogP contribution in [-0.4, -0.2) is 30.4 Å². The highest BCUT2D eigenvalue weighted by Crippen LogP contribution is 2.14. The molecule has 1 aromatic rings. The van der Waals surface area contributed by atoms with E-state index in [1.807, 2.05) is 24.3 Å². The van der Waals surface area contributed by atoms with Crippen LogP contribution >= 0.6 is 15.9 Å². The molecule has 82 valence electrons. The van der Waals surface area contributed by atoms with Gasteiger partial charge in [-0.1, -0.05) is 28.1 Å². The molecule has 0 aromatic heterocycles. The molecule has 1 fully saturated rings. The fourth-order valence-corrected chi connectivity index (χ4v) is 2.09. The molecule has 1 aliphatic rings. The zero-order valence-electron chi connectivity index (χ0n) is 8.32. The summed E-state index contributed by atoms with van der Waals surface area (Å²) >= 11 is 3.41. The molecule has 1 aromatic carbocycles. The molecule has 0 amide bonds. The van der Waals surface area contributed by atoms with Crippen LogP contribution in [-0.2, 0) is 11.3 Å². The highest BCUT2D eigenvalue weighted by Gasteiger charge is 2.25. The molecule has 15 heavy (non-hydrogen) atoms. The van der Waals surface area contributed by atoms with E-state index in [-0.39, 0.29) is 12.2 Å². The van der Waals surface area contributed by atoms with Crippen molar-refractivity contribution in [2.75, 3.05) is 13.1 Å². The van der Waals surface area contributed by atoms with Gasteiger partial charge in [0.25, 0.3) is 0 Å². The Morgan fingerprint density at radius 1 is 1.47 bits per heavy atom. The molecular formula is C11H14BrNO2. The maximum atomic E-state index is 9.52. The van der Waals surface area contributed by atoms with Crippen LogP contribution in [0.3, 0.4) is 0 Å². The Balaban J connectivity index is 1.87. The third-order valence-electron chi connectivity index (χ3n) is 2.48. The van der Waals surface area contributed by atoms with Crippen molar-refractivity contribution < 1.29 is 9.84 Å². The number of nitrogens with one attached hydrogen (secondary N) is 1. The van der Waals surface area contributed by atoms with Crippen LogP contribution in [0.4, 0.5) is 0 Å². The normalized spacial score (nSPS) is 25.7. The van der Waals surface area contributed by atoms with Gasteiger partial charge >= 0.3 is 0 Å². The first-order chi connectivity index (χ1) is 7.25. The lowest BCUT2D eigenvalue weighted by molar-refractivity contribution is -0.0169. The second-order valence-electron chi connectivity index (χ2n) is 3.70. The van der Waals surface area contributed by atoms with E-state index in [4.69, 9.17) is 4.74 Å². The van der Waals surface area contributed by atoms with Gasteiger partial charge in [-0.25, -0.2) is 0 Å². The van der Waals surface area contributed by atoms with Gasteiger partial charge in [0, 0.05) is 17.6 Å². The summed E-state index contributed by atoms with van der Waals surface area (Å²) in [5.74, 6) is 0. The molecule has 2 unspecified atom stereocenters. The van der Waals surface area contributed by atoms with Gasteiger partial charge in [-0.3, -0.25) is 0 Å². The average Bonchev–Trinajstić information content (AvgIpc) is 2.61. The SMILES string of the molecule is OC1CNCC1OCc1cccc(Br)c1. The largest absolute Gasteiger partial charge is 0.389 e. The summed E-state index contributed by atoms with van der Waals surface area (Å²) in [5.41, 5.74) is 1.11. The van der Waals surface area contributed by atoms with Crippen LogP contribution in [0.1, 0.15) is 5.56 Å². The van der Waals surface area contributed by atoms with Gasteiger partial charge in [-0.05, 0) is 17.7 Å². The van der Waals surface area contributed by atoms with E-state index in [9.17, 15) is 5.11 Å². The van der Waals surface area contributed by atoms with Crippen LogP contribution in [0.2, 0.25) is 0 Å². The second kappa shape index (κ2) is 5.07. The predicted octanol–water partition coefficient (Wildman–Crippen LogP) is 1.30. The Morgan fingerprint density at radius 2 is 2.33 bits per heavy atom. The number of ether oxygens (including phenoxy) is 1. The smallest absolute Gasteiger partial charge is 0.0974 e. The fourth-order valence-electron chi connectivity index (χ4n) is 1.64. The van der Waals surface area contributed by atoms with Gasteiger partial charge in [0.2, 0.25) is 0 Å². The van der Waals surface area contributed by atoms with Crippen molar-refractivity contribution in [2.45, 2.75) is 18.8 Å². The number of hydrogen-bond donors (Lipinski definition) is 2. The zero-order chi connectivity index (χ0) is 10.7. The van der Waals surface area contributed by atoms with Crippen molar-refractivity contribution >= 4 is 15.9 Å². The van der Waals surface area contributed by atoms with E-state index in [1.54, 1.807) is 0 Å². The maximum absolute atomic E-state index is 9.52. The van der Waals surface area contributed by atoms with Gasteiger partial charge in [0.05, 0.1) is 18.8 Å². The van der Waals surface area contributed by atoms with E-state index in [2.05, 4.69) is 21.2 Å². The molecule has 0 radical (unpaired) electrons. The Hall–Kier alpha value is -0.420. The lowest BCUT2D eigenvalue weighted by atomic mass is 10.2. The maximum Gasteiger partial charge on any atom is 0.0974 e. The van der Waals surface area contributed by atoms with E-state index >= 15 is 0 Å². The van der Waals surface area contributed by atoms with Crippen molar-refractivity contribution in [3.8, 4) is 0 Å². The van der Waals surface area contributed by atoms with Gasteiger partial charge in [-0.15, -0.1) is 0 Å². The molecule has 4 heteroatoms. The van der Waals surface area contributed by atoms with Crippen molar-refractivity contribution in [1.29, 1.82) is 0 Å². The molecule has 1 aliphatic heterocycles. The van der Waals surface area contributed by atoms with Gasteiger partial charge in [0.1, 0.15) is 0 Å². The zero-order valence-corrected chi connectivity index (χ0v) is 9.90. The Kier molecular flexibility index (Phi) is 3.75. The fraction of sp³-hybridized carbons (Fsp3) is 0.455. The summed E-state index contributed by atoms with van der Waals surface area (Å²) in [6, 6.07) is 8.00. The Bertz CT molecular complexity index is 332. The van der Waals surface area contributed by atoms with Crippen LogP contribution < -0.4 is 5.32 Å². The van der Waals surface area contributed by atoms with Crippen molar-refractivity contribution in [2.24, 2.45) is 0 Å². The number of aliphatic hydroxyl groups is 1. The summed E-state index contributed by atoms with van der Waals surface area (Å²) in [6.45, 7) is 1.90. The topological polar surface area (TPSA) is 41.5 Å². The second-order valence-corrected chi connectivity index (χ2v) is 4.62. The van der Waals surface area contributed by atoms with Crippen molar-refractivity contribution in [1.82, 2.24) is 5.32 Å². The molecule has 3 nitrogen and oxygen atoms in total. The first-order valence-electron chi connectivity index (χ1n) is 5.00. The lowest BCUT2D eigenvalue weighted by Gasteiger charge is -2.14. The van der Waals surface area contributed by atoms with Crippen molar-refractivity contribution in [3.63, 3.8) is 0 Å². The summed E-state index contributed by atoms with van der Waals surface area (Å²) in [4.78, 5) is 0. The molecule has 0 spiro atoms. The molecule has 2 atom stereocenters. The first kappa shape index (κ1) is 11.1. The minimum Gasteiger partial charge on any atom is -0.389 e. The lowest BCUT2D eigenvalue weighted by Crippen LogP contribution is -2.26. The number of aliphatic hydroxyl groups excluding tert-OH is 1. The molecule has 0 bridgehead atoms. The number of β-amino-alcohol motifs (C(OH)–C–C–N with tert-alkyl or cyclic N) is 1. The summed E-state index contributed by atoms with van der Waals surface area (Å²) in [6.07, 6.45) is -0.457. The van der Waals surface area contributed by atoms with Crippen LogP contribution in [0, 0.1) is 0 Å². The Labute approximate surface area is 97.6 Å². The predicted molar refractivity (Wildman–Crippen MR) is 61.6 cm³/mol. The first-order valence-corrected chi connectivity index (χ1v) is 5.80. The third-order valence-corrected chi connectivity index (χ3v) is 2.97. The molecular weight excluding hydrogens is 258 g/mol.